The second-order valence-corrected chi connectivity index (χ2v) is 8.72. The van der Waals surface area contributed by atoms with Crippen LogP contribution in [-0.2, 0) is 6.61 Å². The van der Waals surface area contributed by atoms with Crippen LogP contribution in [-0.4, -0.2) is 77.6 Å². The number of carbonyl (C=O) groups excluding carboxylic acids is 1. The maximum atomic E-state index is 14.0. The van der Waals surface area contributed by atoms with E-state index in [4.69, 9.17) is 4.74 Å². The number of likely N-dealkylation sites (N-methyl/N-ethyl adjacent to an activating group) is 1. The van der Waals surface area contributed by atoms with Gasteiger partial charge in [-0.25, -0.2) is 22.8 Å². The van der Waals surface area contributed by atoms with E-state index in [1.807, 2.05) is 0 Å². The first kappa shape index (κ1) is 25.7. The molecule has 1 aromatic carbocycles. The summed E-state index contributed by atoms with van der Waals surface area (Å²) in [6, 6.07) is 0.200. The first-order valence-electron chi connectivity index (χ1n) is 10.6. The Morgan fingerprint density at radius 3 is 2.59 bits per heavy atom. The third kappa shape index (κ3) is 6.36. The number of carbonyl (C=O) groups is 2. The van der Waals surface area contributed by atoms with Gasteiger partial charge in [0, 0.05) is 32.7 Å². The molecule has 1 aliphatic heterocycles. The number of carboxylic acids is 1. The van der Waals surface area contributed by atoms with Gasteiger partial charge in [0.05, 0.1) is 5.56 Å². The lowest BCUT2D eigenvalue weighted by molar-refractivity contribution is 0.0693. The molecule has 34 heavy (non-hydrogen) atoms. The highest BCUT2D eigenvalue weighted by Crippen LogP contribution is 2.31. The lowest BCUT2D eigenvalue weighted by atomic mass is 10.1. The molecule has 0 bridgehead atoms. The minimum absolute atomic E-state index is 0.102. The second kappa shape index (κ2) is 11.5. The van der Waals surface area contributed by atoms with Crippen LogP contribution in [0.25, 0.3) is 0 Å². The van der Waals surface area contributed by atoms with Gasteiger partial charge in [-0.15, -0.1) is 0 Å². The Kier molecular flexibility index (Phi) is 8.69. The number of ether oxygens (including phenoxy) is 1. The fraction of sp³-hybridized carbons (Fsp3) is 0.476. The quantitative estimate of drug-likeness (QED) is 0.358. The summed E-state index contributed by atoms with van der Waals surface area (Å²) < 4.78 is 50.8. The zero-order valence-electron chi connectivity index (χ0n) is 18.8. The van der Waals surface area contributed by atoms with E-state index in [0.717, 1.165) is 45.2 Å². The van der Waals surface area contributed by atoms with Crippen molar-refractivity contribution < 1.29 is 32.6 Å². The number of hydrogen-bond donors (Lipinski definition) is 3. The van der Waals surface area contributed by atoms with Gasteiger partial charge < -0.3 is 25.0 Å². The average Bonchev–Trinajstić information content (AvgIpc) is 3.18. The van der Waals surface area contributed by atoms with E-state index >= 15 is 0 Å². The third-order valence-electron chi connectivity index (χ3n) is 5.42. The maximum Gasteiger partial charge on any atom is 0.344 e. The number of nitrogens with zero attached hydrogens (tertiary/aromatic N) is 3. The molecule has 0 aliphatic carbocycles. The van der Waals surface area contributed by atoms with Gasteiger partial charge >= 0.3 is 12.0 Å². The van der Waals surface area contributed by atoms with Crippen molar-refractivity contribution in [3.05, 3.63) is 40.2 Å². The standard InChI is InChI=1S/C21H26F3N5O4S/c1-12-10-14(22)13(17(24)16(12)23)11-33-18-15(20(30)31)19(34-27-18)26-21(32)25-4-3-5-29-8-6-28(2)7-9-29/h10H,3-9,11H2,1-2H3,(H,30,31)(H2,25,26,32). The van der Waals surface area contributed by atoms with Gasteiger partial charge in [-0.1, -0.05) is 0 Å². The molecule has 1 saturated heterocycles. The Morgan fingerprint density at radius 1 is 1.21 bits per heavy atom. The van der Waals surface area contributed by atoms with Crippen LogP contribution in [0.3, 0.4) is 0 Å². The molecule has 13 heteroatoms. The molecular formula is C21H26F3N5O4S. The highest BCUT2D eigenvalue weighted by molar-refractivity contribution is 7.11. The molecule has 2 heterocycles. The normalized spacial score (nSPS) is 14.7. The van der Waals surface area contributed by atoms with E-state index in [1.54, 1.807) is 0 Å². The Bertz CT molecular complexity index is 1040. The molecule has 0 radical (unpaired) electrons. The van der Waals surface area contributed by atoms with Gasteiger partial charge in [0.1, 0.15) is 17.4 Å². The number of aryl methyl sites for hydroxylation is 1. The number of rotatable bonds is 9. The molecule has 0 atom stereocenters. The van der Waals surface area contributed by atoms with E-state index in [9.17, 15) is 27.9 Å². The lowest BCUT2D eigenvalue weighted by Crippen LogP contribution is -2.45. The van der Waals surface area contributed by atoms with Crippen molar-refractivity contribution in [3.8, 4) is 5.88 Å². The largest absolute Gasteiger partial charge is 0.477 e. The molecule has 0 spiro atoms. The van der Waals surface area contributed by atoms with E-state index in [0.29, 0.717) is 18.1 Å². The molecule has 0 saturated carbocycles. The Hall–Kier alpha value is -2.90. The molecule has 186 valence electrons. The van der Waals surface area contributed by atoms with Crippen LogP contribution < -0.4 is 15.4 Å². The van der Waals surface area contributed by atoms with Crippen LogP contribution in [0.4, 0.5) is 23.0 Å². The molecule has 1 fully saturated rings. The smallest absolute Gasteiger partial charge is 0.344 e. The van der Waals surface area contributed by atoms with Crippen molar-refractivity contribution in [2.45, 2.75) is 20.0 Å². The summed E-state index contributed by atoms with van der Waals surface area (Å²) in [5.41, 5.74) is -1.37. The second-order valence-electron chi connectivity index (χ2n) is 7.95. The summed E-state index contributed by atoms with van der Waals surface area (Å²) in [5.74, 6) is -5.56. The number of amides is 2. The molecule has 1 aliphatic rings. The first-order chi connectivity index (χ1) is 16.2. The van der Waals surface area contributed by atoms with Crippen molar-refractivity contribution in [1.29, 1.82) is 0 Å². The summed E-state index contributed by atoms with van der Waals surface area (Å²) in [4.78, 5) is 28.4. The van der Waals surface area contributed by atoms with E-state index in [1.165, 1.54) is 6.92 Å². The Balaban J connectivity index is 1.55. The number of hydrogen-bond acceptors (Lipinski definition) is 7. The zero-order valence-corrected chi connectivity index (χ0v) is 19.6. The van der Waals surface area contributed by atoms with Crippen molar-refractivity contribution in [3.63, 3.8) is 0 Å². The summed E-state index contributed by atoms with van der Waals surface area (Å²) in [6.07, 6.45) is 0.726. The summed E-state index contributed by atoms with van der Waals surface area (Å²) >= 11 is 0.642. The fourth-order valence-electron chi connectivity index (χ4n) is 3.40. The fourth-order valence-corrected chi connectivity index (χ4v) is 4.12. The Labute approximate surface area is 198 Å². The molecule has 3 N–H and O–H groups in total. The lowest BCUT2D eigenvalue weighted by Gasteiger charge is -2.32. The monoisotopic (exact) mass is 501 g/mol. The van der Waals surface area contributed by atoms with Gasteiger partial charge in [-0.05, 0) is 50.1 Å². The molecule has 2 aromatic rings. The minimum atomic E-state index is -1.45. The van der Waals surface area contributed by atoms with Gasteiger partial charge in [-0.2, -0.15) is 4.37 Å². The van der Waals surface area contributed by atoms with Crippen LogP contribution in [0.15, 0.2) is 6.07 Å². The van der Waals surface area contributed by atoms with E-state index in [2.05, 4.69) is 31.9 Å². The highest BCUT2D eigenvalue weighted by Gasteiger charge is 2.25. The van der Waals surface area contributed by atoms with Gasteiger partial charge in [0.2, 0.25) is 5.88 Å². The highest BCUT2D eigenvalue weighted by atomic mass is 32.1. The van der Waals surface area contributed by atoms with E-state index in [-0.39, 0.29) is 10.6 Å². The topological polar surface area (TPSA) is 107 Å². The number of aromatic carboxylic acids is 1. The maximum absolute atomic E-state index is 14.0. The summed E-state index contributed by atoms with van der Waals surface area (Å²) in [6.45, 7) is 5.59. The van der Waals surface area contributed by atoms with Crippen LogP contribution in [0, 0.1) is 24.4 Å². The summed E-state index contributed by atoms with van der Waals surface area (Å²) in [5, 5.41) is 14.5. The molecule has 2 amide bonds. The predicted octanol–water partition coefficient (Wildman–Crippen LogP) is 2.91. The minimum Gasteiger partial charge on any atom is -0.477 e. The van der Waals surface area contributed by atoms with Gasteiger partial charge in [-0.3, -0.25) is 5.32 Å². The van der Waals surface area contributed by atoms with Crippen molar-refractivity contribution in [1.82, 2.24) is 19.5 Å². The molecule has 1 aromatic heterocycles. The first-order valence-corrected chi connectivity index (χ1v) is 11.4. The number of halogens is 3. The van der Waals surface area contributed by atoms with Crippen molar-refractivity contribution in [2.24, 2.45) is 0 Å². The third-order valence-corrected chi connectivity index (χ3v) is 6.17. The molecule has 9 nitrogen and oxygen atoms in total. The van der Waals surface area contributed by atoms with Gasteiger partial charge in [0.25, 0.3) is 0 Å². The van der Waals surface area contributed by atoms with E-state index < -0.39 is 53.1 Å². The zero-order chi connectivity index (χ0) is 24.8. The average molecular weight is 502 g/mol. The number of carboxylic acid groups (broad SMARTS) is 1. The Morgan fingerprint density at radius 2 is 1.91 bits per heavy atom. The van der Waals surface area contributed by atoms with Crippen molar-refractivity contribution >= 4 is 28.5 Å². The van der Waals surface area contributed by atoms with Crippen LogP contribution >= 0.6 is 11.5 Å². The number of piperazine rings is 1. The van der Waals surface area contributed by atoms with Crippen LogP contribution in [0.1, 0.15) is 27.9 Å². The van der Waals surface area contributed by atoms with Crippen LogP contribution in [0.5, 0.6) is 5.88 Å². The number of urea groups is 1. The molecule has 0 unspecified atom stereocenters. The number of anilines is 1. The predicted molar refractivity (Wildman–Crippen MR) is 120 cm³/mol. The molecule has 3 rings (SSSR count). The van der Waals surface area contributed by atoms with Crippen molar-refractivity contribution in [2.75, 3.05) is 51.6 Å². The number of nitrogens with one attached hydrogen (secondary N) is 2. The number of aromatic nitrogens is 1. The summed E-state index contributed by atoms with van der Waals surface area (Å²) in [7, 11) is 2.07. The molecular weight excluding hydrogens is 475 g/mol. The SMILES string of the molecule is Cc1cc(F)c(COc2nsc(NC(=O)NCCCN3CCN(C)CC3)c2C(=O)O)c(F)c1F. The van der Waals surface area contributed by atoms with Gasteiger partial charge in [0.15, 0.2) is 17.2 Å². The van der Waals surface area contributed by atoms with Crippen LogP contribution in [0.2, 0.25) is 0 Å². The number of benzene rings is 1.